The van der Waals surface area contributed by atoms with Gasteiger partial charge in [0.15, 0.2) is 0 Å². The summed E-state index contributed by atoms with van der Waals surface area (Å²) in [6, 6.07) is 15.6. The van der Waals surface area contributed by atoms with E-state index in [9.17, 15) is 49.5 Å². The number of hydrogen-bond donors (Lipinski definition) is 2. The summed E-state index contributed by atoms with van der Waals surface area (Å²) < 4.78 is 118. The van der Waals surface area contributed by atoms with Crippen LogP contribution in [0.15, 0.2) is 83.8 Å². The Hall–Kier alpha value is -6.30. The van der Waals surface area contributed by atoms with Crippen LogP contribution in [0.4, 0.5) is 50.4 Å². The molecule has 5 aromatic rings. The molecule has 14 nitrogen and oxygen atoms in total. The van der Waals surface area contributed by atoms with Gasteiger partial charge in [-0.15, -0.1) is 22.7 Å². The van der Waals surface area contributed by atoms with Crippen molar-refractivity contribution in [3.8, 4) is 11.5 Å². The van der Waals surface area contributed by atoms with Crippen molar-refractivity contribution >= 4 is 63.2 Å². The maximum Gasteiger partial charge on any atom is 0.490 e. The summed E-state index contributed by atoms with van der Waals surface area (Å²) in [4.78, 5) is 56.2. The van der Waals surface area contributed by atoms with E-state index in [1.54, 1.807) is 27.6 Å². The van der Waals surface area contributed by atoms with E-state index in [2.05, 4.69) is 15.3 Å². The first kappa shape index (κ1) is 54.6. The third-order valence-corrected chi connectivity index (χ3v) is 12.4. The number of thiazole rings is 2. The van der Waals surface area contributed by atoms with Crippen LogP contribution >= 0.6 is 22.7 Å². The summed E-state index contributed by atoms with van der Waals surface area (Å²) >= 11 is 2.89. The van der Waals surface area contributed by atoms with Crippen LogP contribution in [-0.4, -0.2) is 101 Å². The number of ether oxygens (including phenoxy) is 4. The number of carboxylic acid groups (broad SMARTS) is 1. The summed E-state index contributed by atoms with van der Waals surface area (Å²) in [5.74, 6) is -6.21. The van der Waals surface area contributed by atoms with E-state index in [0.29, 0.717) is 51.2 Å². The lowest BCUT2D eigenvalue weighted by Crippen LogP contribution is -2.39. The van der Waals surface area contributed by atoms with Gasteiger partial charge >= 0.3 is 36.4 Å². The van der Waals surface area contributed by atoms with E-state index in [1.165, 1.54) is 35.7 Å². The van der Waals surface area contributed by atoms with E-state index in [4.69, 9.17) is 28.8 Å². The SMILES string of the molecule is CC(=O)Nc1cccc2cc(OCCC3CCN(C(=O)OCc4nccs4)CC3)ccc12.O=C(O)C(F)(F)F.O=C(OCc1nccs1)N1CCC(CCOc2cccc(C(F)(F)C(F)(F)F)c2)CC1. The van der Waals surface area contributed by atoms with Gasteiger partial charge in [0.2, 0.25) is 5.91 Å². The Morgan fingerprint density at radius 2 is 1.19 bits per heavy atom. The van der Waals surface area contributed by atoms with Crippen LogP contribution in [0.5, 0.6) is 11.5 Å². The molecule has 0 radical (unpaired) electrons. The molecule has 2 aromatic heterocycles. The average molecular weight is 1030 g/mol. The fourth-order valence-corrected chi connectivity index (χ4v) is 8.22. The number of nitrogens with one attached hydrogen (secondary N) is 1. The highest BCUT2D eigenvalue weighted by Gasteiger charge is 2.58. The van der Waals surface area contributed by atoms with Gasteiger partial charge in [-0.1, -0.05) is 24.3 Å². The quantitative estimate of drug-likeness (QED) is 0.102. The molecule has 380 valence electrons. The highest BCUT2D eigenvalue weighted by molar-refractivity contribution is 7.09. The van der Waals surface area contributed by atoms with E-state index in [-0.39, 0.29) is 43.5 Å². The highest BCUT2D eigenvalue weighted by atomic mass is 32.1. The number of fused-ring (bicyclic) bond motifs is 1. The third kappa shape index (κ3) is 17.0. The topological polar surface area (TPSA) is 170 Å². The van der Waals surface area contributed by atoms with Crippen LogP contribution in [0.25, 0.3) is 10.8 Å². The van der Waals surface area contributed by atoms with E-state index >= 15 is 0 Å². The maximum atomic E-state index is 13.5. The standard InChI is InChI=1S/C24H27N3O4S.C20H21F5N2O3S.C2HF3O2/c1-17(28)26-22-4-2-3-19-15-20(5-6-21(19)22)30-13-9-18-7-11-27(12-8-18)24(29)31-16-23-25-10-14-32-23;21-19(22,20(23,24)25)15-2-1-3-16(12-15)29-10-6-14-4-8-27(9-5-14)18(28)30-13-17-26-7-11-31-17;3-2(4,5)1(6)7/h2-6,10,14-15,18H,7-9,11-13,16H2,1H3,(H,26,28);1-3,7,11-12,14H,4-6,8-10,13H2;(H,6,7). The normalized spacial score (nSPS) is 14.6. The zero-order valence-electron chi connectivity index (χ0n) is 37.5. The number of halogens is 8. The van der Waals surface area contributed by atoms with Crippen molar-refractivity contribution in [3.63, 3.8) is 0 Å². The molecule has 0 atom stereocenters. The first-order valence-electron chi connectivity index (χ1n) is 21.7. The fourth-order valence-electron chi connectivity index (χ4n) is 7.17. The summed E-state index contributed by atoms with van der Waals surface area (Å²) in [6.07, 6.45) is -3.15. The van der Waals surface area contributed by atoms with Crippen LogP contribution in [0.3, 0.4) is 0 Å². The molecule has 24 heteroatoms. The molecular weight excluding hydrogens is 983 g/mol. The molecule has 0 unspecified atom stereocenters. The number of carboxylic acids is 1. The van der Waals surface area contributed by atoms with Gasteiger partial charge in [-0.2, -0.15) is 35.1 Å². The minimum atomic E-state index is -5.67. The van der Waals surface area contributed by atoms with Gasteiger partial charge in [0.05, 0.1) is 13.2 Å². The van der Waals surface area contributed by atoms with Crippen LogP contribution in [0, 0.1) is 11.8 Å². The molecule has 0 bridgehead atoms. The summed E-state index contributed by atoms with van der Waals surface area (Å²) in [5, 5.41) is 17.2. The monoisotopic (exact) mass is 1030 g/mol. The number of benzene rings is 3. The number of hydrogen-bond acceptors (Lipinski definition) is 12. The Balaban J connectivity index is 0.000000230. The first-order valence-corrected chi connectivity index (χ1v) is 23.5. The molecule has 70 heavy (non-hydrogen) atoms. The Morgan fingerprint density at radius 3 is 1.63 bits per heavy atom. The lowest BCUT2D eigenvalue weighted by Gasteiger charge is -2.31. The minimum Gasteiger partial charge on any atom is -0.494 e. The van der Waals surface area contributed by atoms with Crippen molar-refractivity contribution in [2.45, 2.75) is 76.9 Å². The lowest BCUT2D eigenvalue weighted by molar-refractivity contribution is -0.289. The predicted molar refractivity (Wildman–Crippen MR) is 242 cm³/mol. The van der Waals surface area contributed by atoms with Gasteiger partial charge in [-0.05, 0) is 92.1 Å². The number of nitrogens with zero attached hydrogens (tertiary/aromatic N) is 4. The number of amides is 3. The largest absolute Gasteiger partial charge is 0.494 e. The van der Waals surface area contributed by atoms with Gasteiger partial charge in [-0.3, -0.25) is 4.79 Å². The van der Waals surface area contributed by atoms with Crippen molar-refractivity contribution in [1.82, 2.24) is 19.8 Å². The van der Waals surface area contributed by atoms with E-state index in [0.717, 1.165) is 76.5 Å². The molecule has 2 aliphatic rings. The van der Waals surface area contributed by atoms with Crippen LogP contribution in [0.2, 0.25) is 0 Å². The van der Waals surface area contributed by atoms with Crippen LogP contribution < -0.4 is 14.8 Å². The summed E-state index contributed by atoms with van der Waals surface area (Å²) in [7, 11) is 0. The van der Waals surface area contributed by atoms with Gasteiger partial charge in [-0.25, -0.2) is 24.4 Å². The fraction of sp³-hybridized carbons (Fsp3) is 0.435. The zero-order valence-corrected chi connectivity index (χ0v) is 39.1. The van der Waals surface area contributed by atoms with Crippen molar-refractivity contribution in [1.29, 1.82) is 0 Å². The Labute approximate surface area is 404 Å². The molecule has 0 aliphatic carbocycles. The zero-order chi connectivity index (χ0) is 50.9. The van der Waals surface area contributed by atoms with Crippen molar-refractivity contribution in [3.05, 3.63) is 99.4 Å². The smallest absolute Gasteiger partial charge is 0.490 e. The molecule has 4 heterocycles. The number of carbonyl (C=O) groups excluding carboxylic acids is 3. The van der Waals surface area contributed by atoms with Crippen molar-refractivity contribution in [2.75, 3.05) is 44.7 Å². The van der Waals surface area contributed by atoms with Gasteiger partial charge in [0.25, 0.3) is 0 Å². The Morgan fingerprint density at radius 1 is 0.700 bits per heavy atom. The molecule has 0 saturated carbocycles. The van der Waals surface area contributed by atoms with Gasteiger partial charge < -0.3 is 39.2 Å². The molecule has 2 saturated heterocycles. The molecule has 3 amide bonds. The van der Waals surface area contributed by atoms with Crippen molar-refractivity contribution < 1.29 is 78.4 Å². The van der Waals surface area contributed by atoms with Gasteiger partial charge in [0.1, 0.15) is 34.7 Å². The van der Waals surface area contributed by atoms with E-state index < -0.39 is 35.9 Å². The molecular formula is C46H49F8N5O9S2. The second kappa shape index (κ2) is 25.5. The average Bonchev–Trinajstić information content (AvgIpc) is 4.06. The number of aromatic nitrogens is 2. The first-order chi connectivity index (χ1) is 33.2. The predicted octanol–water partition coefficient (Wildman–Crippen LogP) is 11.3. The number of alkyl halides is 8. The van der Waals surface area contributed by atoms with E-state index in [1.807, 2.05) is 41.8 Å². The molecule has 3 aromatic carbocycles. The molecule has 7 rings (SSSR count). The van der Waals surface area contributed by atoms with Crippen LogP contribution in [0.1, 0.15) is 61.0 Å². The number of anilines is 1. The number of piperidine rings is 2. The number of rotatable bonds is 14. The number of aliphatic carboxylic acids is 1. The lowest BCUT2D eigenvalue weighted by atomic mass is 9.94. The van der Waals surface area contributed by atoms with Crippen molar-refractivity contribution in [2.24, 2.45) is 11.8 Å². The molecule has 2 aliphatic heterocycles. The highest BCUT2D eigenvalue weighted by Crippen LogP contribution is 2.44. The third-order valence-electron chi connectivity index (χ3n) is 10.9. The summed E-state index contributed by atoms with van der Waals surface area (Å²) in [5.41, 5.74) is -0.347. The molecule has 0 spiro atoms. The Bertz CT molecular complexity index is 2450. The second-order valence-corrected chi connectivity index (χ2v) is 17.8. The van der Waals surface area contributed by atoms with Gasteiger partial charge in [0, 0.05) is 72.9 Å². The maximum absolute atomic E-state index is 13.5. The Kier molecular flexibility index (Phi) is 19.9. The number of carbonyl (C=O) groups is 4. The second-order valence-electron chi connectivity index (χ2n) is 15.9. The van der Waals surface area contributed by atoms with Crippen LogP contribution in [-0.2, 0) is 38.2 Å². The molecule has 2 N–H and O–H groups in total. The minimum absolute atomic E-state index is 0.0374. The number of likely N-dealkylation sites (tertiary alicyclic amines) is 2. The summed E-state index contributed by atoms with van der Waals surface area (Å²) in [6.45, 7) is 5.16. The molecule has 2 fully saturated rings.